The maximum atomic E-state index is 11.5. The molecule has 0 saturated carbocycles. The normalized spacial score (nSPS) is 13.5. The molecule has 0 radical (unpaired) electrons. The lowest BCUT2D eigenvalue weighted by Crippen LogP contribution is -2.49. The van der Waals surface area contributed by atoms with E-state index in [1.54, 1.807) is 24.3 Å². The number of urea groups is 1. The number of rotatable bonds is 4. The maximum absolute atomic E-state index is 11.5. The first-order valence-corrected chi connectivity index (χ1v) is 6.22. The summed E-state index contributed by atoms with van der Waals surface area (Å²) in [6, 6.07) is 4.98. The van der Waals surface area contributed by atoms with Crippen LogP contribution in [0.3, 0.4) is 0 Å². The Kier molecular flexibility index (Phi) is 5.35. The van der Waals surface area contributed by atoms with Gasteiger partial charge in [-0.05, 0) is 53.8 Å². The van der Waals surface area contributed by atoms with Gasteiger partial charge in [0.25, 0.3) is 0 Å². The van der Waals surface area contributed by atoms with Crippen molar-refractivity contribution in [1.82, 2.24) is 5.32 Å². The number of amides is 2. The van der Waals surface area contributed by atoms with Gasteiger partial charge in [0.15, 0.2) is 6.04 Å². The Morgan fingerprint density at radius 2 is 1.83 bits per heavy atom. The van der Waals surface area contributed by atoms with Crippen LogP contribution in [-0.2, 0) is 4.79 Å². The van der Waals surface area contributed by atoms with Gasteiger partial charge in [0.05, 0.1) is 6.10 Å². The van der Waals surface area contributed by atoms with E-state index in [1.807, 2.05) is 0 Å². The Labute approximate surface area is 118 Å². The molecule has 1 rings (SSSR count). The summed E-state index contributed by atoms with van der Waals surface area (Å²) in [5.74, 6) is -1.29. The van der Waals surface area contributed by atoms with Gasteiger partial charge in [-0.1, -0.05) is 0 Å². The van der Waals surface area contributed by atoms with E-state index >= 15 is 0 Å². The van der Waals surface area contributed by atoms with E-state index in [1.165, 1.54) is 6.92 Å². The van der Waals surface area contributed by atoms with Crippen molar-refractivity contribution in [2.24, 2.45) is 0 Å². The van der Waals surface area contributed by atoms with E-state index in [9.17, 15) is 14.7 Å². The fourth-order valence-corrected chi connectivity index (χ4v) is 1.59. The number of carboxylic acid groups (broad SMARTS) is 1. The van der Waals surface area contributed by atoms with Gasteiger partial charge >= 0.3 is 12.0 Å². The summed E-state index contributed by atoms with van der Waals surface area (Å²) in [6.45, 7) is 1.30. The molecule has 0 aliphatic heterocycles. The van der Waals surface area contributed by atoms with Gasteiger partial charge in [-0.25, -0.2) is 9.59 Å². The number of carbonyl (C=O) groups excluding carboxylic acids is 1. The monoisotopic (exact) mass is 364 g/mol. The summed E-state index contributed by atoms with van der Waals surface area (Å²) in [5.41, 5.74) is 0.544. The highest BCUT2D eigenvalue weighted by Crippen LogP contribution is 2.10. The number of carbonyl (C=O) groups is 2. The van der Waals surface area contributed by atoms with Crippen molar-refractivity contribution < 1.29 is 19.8 Å². The second kappa shape index (κ2) is 6.55. The number of carboxylic acids is 1. The van der Waals surface area contributed by atoms with Crippen LogP contribution in [0.2, 0.25) is 0 Å². The molecular weight excluding hydrogens is 351 g/mol. The molecule has 18 heavy (non-hydrogen) atoms. The Balaban J connectivity index is 2.60. The standard InChI is InChI=1S/C11H13IN2O4/c1-6(15)9(10(16)17)14-11(18)13-8-4-2-7(12)3-5-8/h2-6,9,15H,1H3,(H,16,17)(H2,13,14,18)/t6-,9+/m1/s1. The number of aliphatic carboxylic acids is 1. The molecule has 2 atom stereocenters. The minimum atomic E-state index is -1.34. The summed E-state index contributed by atoms with van der Waals surface area (Å²) < 4.78 is 1.02. The molecule has 7 heteroatoms. The van der Waals surface area contributed by atoms with Crippen molar-refractivity contribution in [2.75, 3.05) is 5.32 Å². The first kappa shape index (κ1) is 14.7. The molecule has 0 heterocycles. The van der Waals surface area contributed by atoms with Crippen LogP contribution < -0.4 is 10.6 Å². The van der Waals surface area contributed by atoms with E-state index < -0.39 is 24.1 Å². The number of halogens is 1. The van der Waals surface area contributed by atoms with Gasteiger partial charge in [0, 0.05) is 9.26 Å². The SMILES string of the molecule is C[C@@H](O)[C@H](NC(=O)Nc1ccc(I)cc1)C(=O)O. The second-order valence-electron chi connectivity index (χ2n) is 3.66. The molecular formula is C11H13IN2O4. The average Bonchev–Trinajstić information content (AvgIpc) is 2.28. The lowest BCUT2D eigenvalue weighted by atomic mass is 10.2. The van der Waals surface area contributed by atoms with Crippen LogP contribution in [-0.4, -0.2) is 34.4 Å². The van der Waals surface area contributed by atoms with Gasteiger partial charge in [0.2, 0.25) is 0 Å². The van der Waals surface area contributed by atoms with Crippen molar-refractivity contribution in [3.8, 4) is 0 Å². The second-order valence-corrected chi connectivity index (χ2v) is 4.91. The van der Waals surface area contributed by atoms with Gasteiger partial charge < -0.3 is 20.8 Å². The van der Waals surface area contributed by atoms with E-state index in [0.29, 0.717) is 5.69 Å². The lowest BCUT2D eigenvalue weighted by molar-refractivity contribution is -0.141. The molecule has 0 spiro atoms. The van der Waals surface area contributed by atoms with Crippen LogP contribution in [0.5, 0.6) is 0 Å². The minimum Gasteiger partial charge on any atom is -0.480 e. The molecule has 6 nitrogen and oxygen atoms in total. The number of hydrogen-bond acceptors (Lipinski definition) is 3. The molecule has 0 aliphatic rings. The van der Waals surface area contributed by atoms with Gasteiger partial charge in [-0.3, -0.25) is 0 Å². The number of aliphatic hydroxyl groups is 1. The molecule has 4 N–H and O–H groups in total. The summed E-state index contributed by atoms with van der Waals surface area (Å²) in [5, 5.41) is 22.7. The van der Waals surface area contributed by atoms with Crippen LogP contribution in [0.1, 0.15) is 6.92 Å². The highest BCUT2D eigenvalue weighted by atomic mass is 127. The van der Waals surface area contributed by atoms with Crippen LogP contribution in [0.15, 0.2) is 24.3 Å². The van der Waals surface area contributed by atoms with E-state index in [0.717, 1.165) is 3.57 Å². The first-order valence-electron chi connectivity index (χ1n) is 5.14. The van der Waals surface area contributed by atoms with Crippen LogP contribution >= 0.6 is 22.6 Å². The maximum Gasteiger partial charge on any atom is 0.328 e. The molecule has 0 aliphatic carbocycles. The zero-order chi connectivity index (χ0) is 13.7. The van der Waals surface area contributed by atoms with E-state index in [4.69, 9.17) is 5.11 Å². The Hall–Kier alpha value is -1.35. The molecule has 1 aromatic carbocycles. The summed E-state index contributed by atoms with van der Waals surface area (Å²) in [7, 11) is 0. The third kappa shape index (κ3) is 4.49. The predicted molar refractivity (Wildman–Crippen MR) is 74.4 cm³/mol. The highest BCUT2D eigenvalue weighted by molar-refractivity contribution is 14.1. The number of hydrogen-bond donors (Lipinski definition) is 4. The fraction of sp³-hybridized carbons (Fsp3) is 0.273. The number of anilines is 1. The van der Waals surface area contributed by atoms with E-state index in [2.05, 4.69) is 33.2 Å². The van der Waals surface area contributed by atoms with Crippen molar-refractivity contribution in [3.05, 3.63) is 27.8 Å². The quantitative estimate of drug-likeness (QED) is 0.605. The van der Waals surface area contributed by atoms with Crippen molar-refractivity contribution in [3.63, 3.8) is 0 Å². The summed E-state index contributed by atoms with van der Waals surface area (Å²) in [6.07, 6.45) is -1.18. The highest BCUT2D eigenvalue weighted by Gasteiger charge is 2.24. The molecule has 1 aromatic rings. The van der Waals surface area contributed by atoms with Crippen molar-refractivity contribution in [2.45, 2.75) is 19.1 Å². The molecule has 0 saturated heterocycles. The third-order valence-electron chi connectivity index (χ3n) is 2.14. The Morgan fingerprint density at radius 1 is 1.28 bits per heavy atom. The third-order valence-corrected chi connectivity index (χ3v) is 2.86. The molecule has 0 aromatic heterocycles. The Morgan fingerprint density at radius 3 is 2.28 bits per heavy atom. The van der Waals surface area contributed by atoms with Gasteiger partial charge in [-0.15, -0.1) is 0 Å². The summed E-state index contributed by atoms with van der Waals surface area (Å²) in [4.78, 5) is 22.3. The van der Waals surface area contributed by atoms with Gasteiger partial charge in [-0.2, -0.15) is 0 Å². The molecule has 0 bridgehead atoms. The van der Waals surface area contributed by atoms with E-state index in [-0.39, 0.29) is 0 Å². The fourth-order valence-electron chi connectivity index (χ4n) is 1.23. The molecule has 98 valence electrons. The smallest absolute Gasteiger partial charge is 0.328 e. The zero-order valence-corrected chi connectivity index (χ0v) is 11.7. The summed E-state index contributed by atoms with van der Waals surface area (Å²) >= 11 is 2.13. The first-order chi connectivity index (χ1) is 8.40. The topological polar surface area (TPSA) is 98.7 Å². The average molecular weight is 364 g/mol. The number of aliphatic hydroxyl groups excluding tert-OH is 1. The van der Waals surface area contributed by atoms with Crippen LogP contribution in [0.4, 0.5) is 10.5 Å². The molecule has 0 unspecified atom stereocenters. The lowest BCUT2D eigenvalue weighted by Gasteiger charge is -2.17. The largest absolute Gasteiger partial charge is 0.480 e. The Bertz CT molecular complexity index is 433. The number of nitrogens with one attached hydrogen (secondary N) is 2. The van der Waals surface area contributed by atoms with Gasteiger partial charge in [0.1, 0.15) is 0 Å². The molecule has 0 fully saturated rings. The minimum absolute atomic E-state index is 0.544. The zero-order valence-electron chi connectivity index (χ0n) is 9.55. The number of benzene rings is 1. The van der Waals surface area contributed by atoms with Crippen molar-refractivity contribution >= 4 is 40.3 Å². The van der Waals surface area contributed by atoms with Crippen LogP contribution in [0.25, 0.3) is 0 Å². The van der Waals surface area contributed by atoms with Crippen LogP contribution in [0, 0.1) is 3.57 Å². The molecule has 2 amide bonds. The van der Waals surface area contributed by atoms with Crippen molar-refractivity contribution in [1.29, 1.82) is 0 Å². The predicted octanol–water partition coefficient (Wildman–Crippen LogP) is 1.25.